The van der Waals surface area contributed by atoms with Gasteiger partial charge in [0.05, 0.1) is 23.2 Å². The highest BCUT2D eigenvalue weighted by atomic mass is 32.2. The number of benzene rings is 2. The van der Waals surface area contributed by atoms with Gasteiger partial charge in [0.15, 0.2) is 17.4 Å². The number of pyridine rings is 1. The fourth-order valence-corrected chi connectivity index (χ4v) is 3.55. The Morgan fingerprint density at radius 1 is 0.879 bits per heavy atom. The van der Waals surface area contributed by atoms with Gasteiger partial charge in [-0.1, -0.05) is 24.3 Å². The van der Waals surface area contributed by atoms with E-state index in [2.05, 4.69) is 14.3 Å². The van der Waals surface area contributed by atoms with Crippen LogP contribution in [0.25, 0.3) is 28.2 Å². The van der Waals surface area contributed by atoms with Gasteiger partial charge in [-0.15, -0.1) is 0 Å². The zero-order chi connectivity index (χ0) is 23.8. The van der Waals surface area contributed by atoms with Crippen LogP contribution in [0.4, 0.5) is 13.2 Å². The number of para-hydroxylation sites is 1. The molecule has 0 atom stereocenters. The van der Waals surface area contributed by atoms with E-state index in [0.717, 1.165) is 4.68 Å². The van der Waals surface area contributed by atoms with E-state index < -0.39 is 44.4 Å². The first-order valence-corrected chi connectivity index (χ1v) is 11.2. The van der Waals surface area contributed by atoms with Crippen molar-refractivity contribution >= 4 is 10.1 Å². The number of nitrogens with zero attached hydrogens (tertiary/aromatic N) is 3. The van der Waals surface area contributed by atoms with Gasteiger partial charge in [-0.3, -0.25) is 9.78 Å². The van der Waals surface area contributed by atoms with Crippen molar-refractivity contribution in [3.8, 4) is 34.0 Å². The summed E-state index contributed by atoms with van der Waals surface area (Å²) in [6.45, 7) is 0. The van der Waals surface area contributed by atoms with E-state index in [9.17, 15) is 26.4 Å². The standard InChI is InChI=1S/C22H14F3N3O4S/c1-33(30,31)32-21-14(11-16(23)19(24)20(21)25)15-12-18(17-9-5-6-10-26-17)27-28(22(15)29)13-7-3-2-4-8-13/h2-12H,1H3. The Kier molecular flexibility index (Phi) is 5.73. The first-order chi connectivity index (χ1) is 15.7. The molecule has 0 aliphatic rings. The zero-order valence-electron chi connectivity index (χ0n) is 16.9. The Labute approximate surface area is 185 Å². The van der Waals surface area contributed by atoms with E-state index in [1.165, 1.54) is 12.3 Å². The third kappa shape index (κ3) is 4.48. The minimum Gasteiger partial charge on any atom is -0.379 e. The summed E-state index contributed by atoms with van der Waals surface area (Å²) in [5.74, 6) is -6.62. The predicted octanol–water partition coefficient (Wildman–Crippen LogP) is 3.72. The Morgan fingerprint density at radius 2 is 1.58 bits per heavy atom. The van der Waals surface area contributed by atoms with Gasteiger partial charge in [-0.05, 0) is 36.4 Å². The topological polar surface area (TPSA) is 91.2 Å². The maximum atomic E-state index is 14.6. The summed E-state index contributed by atoms with van der Waals surface area (Å²) >= 11 is 0. The summed E-state index contributed by atoms with van der Waals surface area (Å²) in [5, 5.41) is 4.29. The van der Waals surface area contributed by atoms with Crippen LogP contribution in [0, 0.1) is 17.5 Å². The highest BCUT2D eigenvalue weighted by Crippen LogP contribution is 2.35. The van der Waals surface area contributed by atoms with Crippen LogP contribution in [0.15, 0.2) is 71.7 Å². The van der Waals surface area contributed by atoms with Gasteiger partial charge in [0.1, 0.15) is 5.69 Å². The van der Waals surface area contributed by atoms with Gasteiger partial charge >= 0.3 is 10.1 Å². The molecule has 0 saturated heterocycles. The molecule has 0 bridgehead atoms. The van der Waals surface area contributed by atoms with Gasteiger partial charge in [0.25, 0.3) is 5.56 Å². The van der Waals surface area contributed by atoms with Crippen molar-refractivity contribution in [1.82, 2.24) is 14.8 Å². The lowest BCUT2D eigenvalue weighted by Gasteiger charge is -2.14. The minimum absolute atomic E-state index is 0.129. The predicted molar refractivity (Wildman–Crippen MR) is 114 cm³/mol. The fraction of sp³-hybridized carbons (Fsp3) is 0.0455. The van der Waals surface area contributed by atoms with Crippen molar-refractivity contribution in [2.75, 3.05) is 6.26 Å². The lowest BCUT2D eigenvalue weighted by Crippen LogP contribution is -2.24. The van der Waals surface area contributed by atoms with Crippen LogP contribution in [-0.2, 0) is 10.1 Å². The highest BCUT2D eigenvalue weighted by molar-refractivity contribution is 7.86. The molecular formula is C22H14F3N3O4S. The van der Waals surface area contributed by atoms with Gasteiger partial charge in [0.2, 0.25) is 5.82 Å². The van der Waals surface area contributed by atoms with E-state index >= 15 is 0 Å². The number of hydrogen-bond donors (Lipinski definition) is 0. The maximum absolute atomic E-state index is 14.6. The van der Waals surface area contributed by atoms with Crippen molar-refractivity contribution in [2.45, 2.75) is 0 Å². The Balaban J connectivity index is 2.09. The van der Waals surface area contributed by atoms with E-state index in [0.29, 0.717) is 23.7 Å². The van der Waals surface area contributed by atoms with E-state index in [-0.39, 0.29) is 11.3 Å². The van der Waals surface area contributed by atoms with Crippen molar-refractivity contribution in [3.63, 3.8) is 0 Å². The number of halogens is 3. The second-order valence-corrected chi connectivity index (χ2v) is 8.44. The molecule has 2 aromatic carbocycles. The van der Waals surface area contributed by atoms with E-state index in [1.807, 2.05) is 0 Å². The fourth-order valence-electron chi connectivity index (χ4n) is 3.08. The normalized spacial score (nSPS) is 11.4. The maximum Gasteiger partial charge on any atom is 0.306 e. The second kappa shape index (κ2) is 8.51. The van der Waals surface area contributed by atoms with E-state index in [1.54, 1.807) is 48.5 Å². The minimum atomic E-state index is -4.36. The lowest BCUT2D eigenvalue weighted by molar-refractivity contribution is 0.413. The number of hydrogen-bond acceptors (Lipinski definition) is 6. The Morgan fingerprint density at radius 3 is 2.21 bits per heavy atom. The molecule has 2 aromatic heterocycles. The molecule has 2 heterocycles. The van der Waals surface area contributed by atoms with Crippen LogP contribution >= 0.6 is 0 Å². The van der Waals surface area contributed by atoms with Crippen LogP contribution in [0.1, 0.15) is 0 Å². The molecule has 0 N–H and O–H groups in total. The SMILES string of the molecule is CS(=O)(=O)Oc1c(-c2cc(-c3ccccn3)nn(-c3ccccc3)c2=O)cc(F)c(F)c1F. The molecular weight excluding hydrogens is 459 g/mol. The van der Waals surface area contributed by atoms with Gasteiger partial charge in [-0.25, -0.2) is 8.78 Å². The molecule has 0 saturated carbocycles. The van der Waals surface area contributed by atoms with Crippen LogP contribution < -0.4 is 9.74 Å². The zero-order valence-corrected chi connectivity index (χ0v) is 17.7. The summed E-state index contributed by atoms with van der Waals surface area (Å²) in [7, 11) is -4.36. The first-order valence-electron chi connectivity index (χ1n) is 9.34. The third-order valence-corrected chi connectivity index (χ3v) is 4.95. The summed E-state index contributed by atoms with van der Waals surface area (Å²) in [6.07, 6.45) is 2.08. The molecule has 168 valence electrons. The summed E-state index contributed by atoms with van der Waals surface area (Å²) < 4.78 is 71.6. The van der Waals surface area contributed by atoms with Gasteiger partial charge in [0, 0.05) is 11.8 Å². The molecule has 0 aliphatic carbocycles. The lowest BCUT2D eigenvalue weighted by atomic mass is 10.0. The average molecular weight is 473 g/mol. The van der Waals surface area contributed by atoms with Crippen molar-refractivity contribution in [3.05, 3.63) is 94.7 Å². The smallest absolute Gasteiger partial charge is 0.306 e. The molecule has 0 aliphatic heterocycles. The van der Waals surface area contributed by atoms with Crippen LogP contribution in [0.2, 0.25) is 0 Å². The van der Waals surface area contributed by atoms with Crippen molar-refractivity contribution < 1.29 is 25.8 Å². The monoisotopic (exact) mass is 473 g/mol. The molecule has 11 heteroatoms. The molecule has 0 unspecified atom stereocenters. The summed E-state index contributed by atoms with van der Waals surface area (Å²) in [6, 6.07) is 14.7. The molecule has 7 nitrogen and oxygen atoms in total. The second-order valence-electron chi connectivity index (χ2n) is 6.86. The van der Waals surface area contributed by atoms with Crippen LogP contribution in [0.5, 0.6) is 5.75 Å². The van der Waals surface area contributed by atoms with Crippen LogP contribution in [-0.4, -0.2) is 29.4 Å². The Bertz CT molecular complexity index is 1510. The van der Waals surface area contributed by atoms with Crippen molar-refractivity contribution in [2.24, 2.45) is 0 Å². The molecule has 0 amide bonds. The molecule has 4 rings (SSSR count). The largest absolute Gasteiger partial charge is 0.379 e. The van der Waals surface area contributed by atoms with Gasteiger partial charge < -0.3 is 4.18 Å². The molecule has 0 fully saturated rings. The third-order valence-electron chi connectivity index (χ3n) is 4.48. The number of aromatic nitrogens is 3. The van der Waals surface area contributed by atoms with Crippen molar-refractivity contribution in [1.29, 1.82) is 0 Å². The first kappa shape index (κ1) is 22.2. The average Bonchev–Trinajstić information content (AvgIpc) is 2.80. The van der Waals surface area contributed by atoms with E-state index in [4.69, 9.17) is 0 Å². The highest BCUT2D eigenvalue weighted by Gasteiger charge is 2.27. The number of rotatable bonds is 5. The Hall–Kier alpha value is -3.99. The summed E-state index contributed by atoms with van der Waals surface area (Å²) in [5.41, 5.74) is -1.08. The van der Waals surface area contributed by atoms with Gasteiger partial charge in [-0.2, -0.15) is 22.6 Å². The quantitative estimate of drug-likeness (QED) is 0.324. The molecule has 0 radical (unpaired) electrons. The molecule has 0 spiro atoms. The van der Waals surface area contributed by atoms with Crippen LogP contribution in [0.3, 0.4) is 0 Å². The molecule has 33 heavy (non-hydrogen) atoms. The molecule has 4 aromatic rings. The summed E-state index contributed by atoms with van der Waals surface area (Å²) in [4.78, 5) is 17.5.